The Morgan fingerprint density at radius 2 is 1.65 bits per heavy atom. The monoisotopic (exact) mass is 499 g/mol. The molecule has 0 atom stereocenters. The van der Waals surface area contributed by atoms with Crippen LogP contribution in [0, 0.1) is 10.1 Å². The average molecular weight is 499 g/mol. The Labute approximate surface area is 192 Å². The van der Waals surface area contributed by atoms with E-state index in [1.54, 1.807) is 12.1 Å². The highest BCUT2D eigenvalue weighted by molar-refractivity contribution is 7.90. The maximum atomic E-state index is 13.0. The van der Waals surface area contributed by atoms with Gasteiger partial charge in [-0.1, -0.05) is 24.3 Å². The SMILES string of the molecule is CS(=O)(=O)c1ccc(-c2[nH]nc(COCCCO[N+](=O)[O-])c2-c2ccc(C(F)(F)F)cc2)cc1. The first-order chi connectivity index (χ1) is 16.0. The molecule has 0 spiro atoms. The van der Waals surface area contributed by atoms with Crippen LogP contribution in [0.4, 0.5) is 13.2 Å². The Hall–Kier alpha value is -3.45. The fourth-order valence-corrected chi connectivity index (χ4v) is 3.80. The van der Waals surface area contributed by atoms with Crippen molar-refractivity contribution in [2.24, 2.45) is 0 Å². The number of benzene rings is 2. The molecule has 0 saturated heterocycles. The number of H-pyrrole nitrogens is 1. The Kier molecular flexibility index (Phi) is 7.57. The highest BCUT2D eigenvalue weighted by Crippen LogP contribution is 2.36. The fraction of sp³-hybridized carbons (Fsp3) is 0.286. The summed E-state index contributed by atoms with van der Waals surface area (Å²) in [6.45, 7) is -0.0322. The number of aromatic nitrogens is 2. The predicted octanol–water partition coefficient (Wildman–Crippen LogP) is 4.28. The zero-order chi connectivity index (χ0) is 24.9. The van der Waals surface area contributed by atoms with Crippen molar-refractivity contribution in [3.05, 3.63) is 69.9 Å². The van der Waals surface area contributed by atoms with E-state index < -0.39 is 26.7 Å². The van der Waals surface area contributed by atoms with Crippen LogP contribution in [-0.2, 0) is 32.2 Å². The summed E-state index contributed by atoms with van der Waals surface area (Å²) in [6.07, 6.45) is -3.16. The first-order valence-corrected chi connectivity index (χ1v) is 11.8. The van der Waals surface area contributed by atoms with Crippen molar-refractivity contribution in [3.8, 4) is 22.4 Å². The van der Waals surface area contributed by atoms with E-state index in [1.807, 2.05) is 0 Å². The van der Waals surface area contributed by atoms with E-state index in [0.717, 1.165) is 18.4 Å². The highest BCUT2D eigenvalue weighted by atomic mass is 32.2. The van der Waals surface area contributed by atoms with Gasteiger partial charge in [0.05, 0.1) is 35.1 Å². The number of sulfone groups is 1. The lowest BCUT2D eigenvalue weighted by molar-refractivity contribution is -0.757. The van der Waals surface area contributed by atoms with Gasteiger partial charge in [-0.05, 0) is 36.2 Å². The van der Waals surface area contributed by atoms with Crippen molar-refractivity contribution in [2.45, 2.75) is 24.1 Å². The third kappa shape index (κ3) is 6.32. The maximum absolute atomic E-state index is 13.0. The summed E-state index contributed by atoms with van der Waals surface area (Å²) < 4.78 is 68.0. The smallest absolute Gasteiger partial charge is 0.375 e. The molecule has 1 aromatic heterocycles. The van der Waals surface area contributed by atoms with E-state index in [4.69, 9.17) is 4.74 Å². The Morgan fingerprint density at radius 1 is 1.03 bits per heavy atom. The van der Waals surface area contributed by atoms with Crippen LogP contribution in [0.3, 0.4) is 0 Å². The molecular formula is C21H20F3N3O6S. The van der Waals surface area contributed by atoms with Crippen molar-refractivity contribution in [1.29, 1.82) is 0 Å². The molecule has 0 bridgehead atoms. The van der Waals surface area contributed by atoms with E-state index in [1.165, 1.54) is 24.3 Å². The Bertz CT molecular complexity index is 1240. The number of halogens is 3. The molecule has 0 fully saturated rings. The molecule has 0 radical (unpaired) electrons. The average Bonchev–Trinajstić information content (AvgIpc) is 3.19. The van der Waals surface area contributed by atoms with Crippen molar-refractivity contribution < 1.29 is 36.3 Å². The first-order valence-electron chi connectivity index (χ1n) is 9.87. The first kappa shape index (κ1) is 25.2. The van der Waals surface area contributed by atoms with Crippen LogP contribution >= 0.6 is 0 Å². The summed E-state index contributed by atoms with van der Waals surface area (Å²) in [5.41, 5.74) is 1.57. The molecule has 2 aromatic carbocycles. The second-order valence-corrected chi connectivity index (χ2v) is 9.27. The van der Waals surface area contributed by atoms with Gasteiger partial charge in [-0.3, -0.25) is 5.10 Å². The lowest BCUT2D eigenvalue weighted by Crippen LogP contribution is -2.06. The summed E-state index contributed by atoms with van der Waals surface area (Å²) in [6, 6.07) is 10.5. The van der Waals surface area contributed by atoms with Crippen molar-refractivity contribution in [3.63, 3.8) is 0 Å². The van der Waals surface area contributed by atoms with Crippen LogP contribution in [0.1, 0.15) is 17.7 Å². The molecule has 0 amide bonds. The van der Waals surface area contributed by atoms with Crippen LogP contribution in [0.5, 0.6) is 0 Å². The van der Waals surface area contributed by atoms with Gasteiger partial charge in [0.2, 0.25) is 0 Å². The summed E-state index contributed by atoms with van der Waals surface area (Å²) in [5.74, 6) is 0. The topological polar surface area (TPSA) is 124 Å². The third-order valence-electron chi connectivity index (χ3n) is 4.78. The number of hydrogen-bond acceptors (Lipinski definition) is 7. The van der Waals surface area contributed by atoms with E-state index in [-0.39, 0.29) is 31.1 Å². The fourth-order valence-electron chi connectivity index (χ4n) is 3.17. The molecule has 0 aliphatic carbocycles. The number of nitrogens with one attached hydrogen (secondary N) is 1. The number of nitrogens with zero attached hydrogens (tertiary/aromatic N) is 2. The third-order valence-corrected chi connectivity index (χ3v) is 5.91. The van der Waals surface area contributed by atoms with Crippen molar-refractivity contribution >= 4 is 9.84 Å². The van der Waals surface area contributed by atoms with E-state index in [2.05, 4.69) is 15.0 Å². The normalized spacial score (nSPS) is 12.0. The van der Waals surface area contributed by atoms with Crippen LogP contribution in [0.2, 0.25) is 0 Å². The van der Waals surface area contributed by atoms with Gasteiger partial charge in [-0.25, -0.2) is 8.42 Å². The zero-order valence-corrected chi connectivity index (χ0v) is 18.6. The molecule has 0 aliphatic heterocycles. The van der Waals surface area contributed by atoms with Gasteiger partial charge in [0.25, 0.3) is 5.09 Å². The largest absolute Gasteiger partial charge is 0.416 e. The minimum Gasteiger partial charge on any atom is -0.375 e. The molecule has 34 heavy (non-hydrogen) atoms. The molecule has 1 N–H and O–H groups in total. The Morgan fingerprint density at radius 3 is 2.21 bits per heavy atom. The molecular weight excluding hydrogens is 479 g/mol. The number of ether oxygens (including phenoxy) is 1. The molecule has 13 heteroatoms. The van der Waals surface area contributed by atoms with Gasteiger partial charge < -0.3 is 9.57 Å². The number of aromatic amines is 1. The van der Waals surface area contributed by atoms with Gasteiger partial charge in [0, 0.05) is 24.0 Å². The molecule has 3 aromatic rings. The minimum absolute atomic E-state index is 0.0211. The lowest BCUT2D eigenvalue weighted by atomic mass is 9.98. The Balaban J connectivity index is 1.91. The van der Waals surface area contributed by atoms with Gasteiger partial charge in [-0.15, -0.1) is 10.1 Å². The second kappa shape index (κ2) is 10.2. The standard InChI is InChI=1S/C21H20F3N3O6S/c1-34(30,31)17-9-5-15(6-10-17)20-19(14-3-7-16(8-4-14)21(22,23)24)18(25-26-20)13-32-11-2-12-33-27(28)29/h3-10H,2,11-13H2,1H3,(H,25,26). The second-order valence-electron chi connectivity index (χ2n) is 7.25. The van der Waals surface area contributed by atoms with Gasteiger partial charge >= 0.3 is 6.18 Å². The van der Waals surface area contributed by atoms with Crippen LogP contribution in [0.25, 0.3) is 22.4 Å². The van der Waals surface area contributed by atoms with E-state index in [9.17, 15) is 31.7 Å². The predicted molar refractivity (Wildman–Crippen MR) is 115 cm³/mol. The molecule has 182 valence electrons. The van der Waals surface area contributed by atoms with Crippen molar-refractivity contribution in [1.82, 2.24) is 10.2 Å². The van der Waals surface area contributed by atoms with Crippen LogP contribution in [0.15, 0.2) is 53.4 Å². The zero-order valence-electron chi connectivity index (χ0n) is 17.8. The molecule has 9 nitrogen and oxygen atoms in total. The van der Waals surface area contributed by atoms with Gasteiger partial charge in [0.1, 0.15) is 0 Å². The van der Waals surface area contributed by atoms with Gasteiger partial charge in [-0.2, -0.15) is 18.3 Å². The number of hydrogen-bond donors (Lipinski definition) is 1. The molecule has 1 heterocycles. The maximum Gasteiger partial charge on any atom is 0.416 e. The summed E-state index contributed by atoms with van der Waals surface area (Å²) in [7, 11) is -3.41. The minimum atomic E-state index is -4.49. The summed E-state index contributed by atoms with van der Waals surface area (Å²) in [5, 5.41) is 16.3. The molecule has 0 aliphatic rings. The van der Waals surface area contributed by atoms with Crippen molar-refractivity contribution in [2.75, 3.05) is 19.5 Å². The lowest BCUT2D eigenvalue weighted by Gasteiger charge is -2.10. The van der Waals surface area contributed by atoms with Crippen LogP contribution in [-0.4, -0.2) is 43.2 Å². The van der Waals surface area contributed by atoms with Gasteiger partial charge in [0.15, 0.2) is 9.84 Å². The quantitative estimate of drug-likeness (QED) is 0.251. The summed E-state index contributed by atoms with van der Waals surface area (Å²) in [4.78, 5) is 14.5. The number of rotatable bonds is 10. The highest BCUT2D eigenvalue weighted by Gasteiger charge is 2.30. The number of alkyl halides is 3. The van der Waals surface area contributed by atoms with E-state index >= 15 is 0 Å². The van der Waals surface area contributed by atoms with E-state index in [0.29, 0.717) is 28.1 Å². The van der Waals surface area contributed by atoms with Crippen LogP contribution < -0.4 is 0 Å². The summed E-state index contributed by atoms with van der Waals surface area (Å²) >= 11 is 0. The molecule has 0 saturated carbocycles. The molecule has 3 rings (SSSR count). The molecule has 0 unspecified atom stereocenters.